The molecule has 66 valence electrons. The summed E-state index contributed by atoms with van der Waals surface area (Å²) in [6.07, 6.45) is 7.32. The molecule has 0 saturated carbocycles. The van der Waals surface area contributed by atoms with Gasteiger partial charge in [-0.15, -0.1) is 0 Å². The minimum atomic E-state index is 1.08. The summed E-state index contributed by atoms with van der Waals surface area (Å²) in [4.78, 5) is 0. The summed E-state index contributed by atoms with van der Waals surface area (Å²) in [7, 11) is 1.93. The van der Waals surface area contributed by atoms with Crippen LogP contribution in [0.25, 0.3) is 0 Å². The third-order valence-electron chi connectivity index (χ3n) is 1.06. The molecule has 0 unspecified atom stereocenters. The van der Waals surface area contributed by atoms with E-state index in [0.717, 1.165) is 6.42 Å². The maximum atomic E-state index is 3.08. The quantitative estimate of drug-likeness (QED) is 0.617. The Balaban J connectivity index is 0. The Morgan fingerprint density at radius 1 is 1.36 bits per heavy atom. The highest BCUT2D eigenvalue weighted by atomic mass is 14.8. The van der Waals surface area contributed by atoms with E-state index in [2.05, 4.69) is 24.4 Å². The van der Waals surface area contributed by atoms with Crippen molar-refractivity contribution in [1.82, 2.24) is 5.32 Å². The number of hydrogen-bond acceptors (Lipinski definition) is 1. The number of hydrogen-bond donors (Lipinski definition) is 1. The highest BCUT2D eigenvalue weighted by molar-refractivity contribution is 5.14. The van der Waals surface area contributed by atoms with Crippen LogP contribution in [0.4, 0.5) is 0 Å². The highest BCUT2D eigenvalue weighted by Gasteiger charge is 1.80. The van der Waals surface area contributed by atoms with E-state index in [1.165, 1.54) is 5.70 Å². The summed E-state index contributed by atoms with van der Waals surface area (Å²) in [6.45, 7) is 8.14. The Morgan fingerprint density at radius 3 is 2.18 bits per heavy atom. The minimum Gasteiger partial charge on any atom is -0.388 e. The number of likely N-dealkylation sites (N-methyl/N-ethyl adjacent to an activating group) is 1. The Kier molecular flexibility index (Phi) is 14.1. The van der Waals surface area contributed by atoms with Crippen LogP contribution in [0.3, 0.4) is 0 Å². The molecule has 0 rings (SSSR count). The number of nitrogens with one attached hydrogen (secondary N) is 1. The van der Waals surface area contributed by atoms with E-state index in [0.29, 0.717) is 0 Å². The zero-order valence-corrected chi connectivity index (χ0v) is 8.44. The smallest absolute Gasteiger partial charge is 0.0293 e. The summed E-state index contributed by atoms with van der Waals surface area (Å²) in [5, 5.41) is 3.08. The van der Waals surface area contributed by atoms with Gasteiger partial charge in [0.2, 0.25) is 0 Å². The maximum absolute atomic E-state index is 3.08. The molecule has 0 amide bonds. The van der Waals surface area contributed by atoms with Crippen molar-refractivity contribution in [2.24, 2.45) is 0 Å². The summed E-state index contributed by atoms with van der Waals surface area (Å²) < 4.78 is 0. The molecule has 0 aromatic carbocycles. The zero-order chi connectivity index (χ0) is 9.11. The van der Waals surface area contributed by atoms with Crippen molar-refractivity contribution in [3.63, 3.8) is 0 Å². The van der Waals surface area contributed by atoms with Crippen LogP contribution < -0.4 is 5.32 Å². The molecule has 0 heterocycles. The maximum Gasteiger partial charge on any atom is 0.0293 e. The van der Waals surface area contributed by atoms with E-state index >= 15 is 0 Å². The lowest BCUT2D eigenvalue weighted by atomic mass is 10.3. The first kappa shape index (κ1) is 12.9. The molecule has 0 atom stereocenters. The van der Waals surface area contributed by atoms with Gasteiger partial charge in [-0.3, -0.25) is 0 Å². The van der Waals surface area contributed by atoms with Crippen LogP contribution in [0.2, 0.25) is 0 Å². The molecule has 0 aliphatic rings. The molecule has 0 aliphatic carbocycles. The standard InChI is InChI=1S/C8H15N.C2H6/c1-4-6-8(9-3)7-5-2;1-2/h4,6-7,9H,5H2,1-3H3;1-2H3/b6-4-,8-7+;. The van der Waals surface area contributed by atoms with E-state index in [-0.39, 0.29) is 0 Å². The van der Waals surface area contributed by atoms with Gasteiger partial charge in [0.15, 0.2) is 0 Å². The first-order chi connectivity index (χ1) is 5.35. The van der Waals surface area contributed by atoms with Crippen LogP contribution in [-0.4, -0.2) is 7.05 Å². The Labute approximate surface area is 71.2 Å². The minimum absolute atomic E-state index is 1.08. The molecular weight excluding hydrogens is 134 g/mol. The lowest BCUT2D eigenvalue weighted by Gasteiger charge is -1.97. The molecular formula is C10H21N. The topological polar surface area (TPSA) is 12.0 Å². The zero-order valence-electron chi connectivity index (χ0n) is 8.44. The summed E-state index contributed by atoms with van der Waals surface area (Å²) in [6, 6.07) is 0. The van der Waals surface area contributed by atoms with Crippen molar-refractivity contribution in [2.45, 2.75) is 34.1 Å². The van der Waals surface area contributed by atoms with Crippen LogP contribution in [-0.2, 0) is 0 Å². The second-order valence-corrected chi connectivity index (χ2v) is 1.82. The van der Waals surface area contributed by atoms with Crippen molar-refractivity contribution < 1.29 is 0 Å². The van der Waals surface area contributed by atoms with E-state index in [9.17, 15) is 0 Å². The Hall–Kier alpha value is -0.720. The molecule has 1 N–H and O–H groups in total. The Bertz CT molecular complexity index is 112. The molecule has 0 aromatic rings. The second kappa shape index (κ2) is 12.0. The SMILES string of the molecule is C/C=C\C(=C/CC)NC.CC. The molecule has 0 bridgehead atoms. The van der Waals surface area contributed by atoms with Crippen LogP contribution in [0.5, 0.6) is 0 Å². The number of allylic oxidation sites excluding steroid dienone is 3. The van der Waals surface area contributed by atoms with Crippen molar-refractivity contribution in [3.8, 4) is 0 Å². The van der Waals surface area contributed by atoms with E-state index < -0.39 is 0 Å². The predicted molar refractivity (Wildman–Crippen MR) is 53.6 cm³/mol. The third kappa shape index (κ3) is 9.28. The van der Waals surface area contributed by atoms with Crippen molar-refractivity contribution >= 4 is 0 Å². The van der Waals surface area contributed by atoms with Crippen molar-refractivity contribution in [3.05, 3.63) is 23.9 Å². The highest BCUT2D eigenvalue weighted by Crippen LogP contribution is 1.92. The average molecular weight is 155 g/mol. The largest absolute Gasteiger partial charge is 0.388 e. The van der Waals surface area contributed by atoms with Gasteiger partial charge in [0.1, 0.15) is 0 Å². The van der Waals surface area contributed by atoms with Crippen LogP contribution in [0.1, 0.15) is 34.1 Å². The molecule has 1 nitrogen and oxygen atoms in total. The fourth-order valence-electron chi connectivity index (χ4n) is 0.653. The van der Waals surface area contributed by atoms with E-state index in [1.54, 1.807) is 0 Å². The molecule has 11 heavy (non-hydrogen) atoms. The summed E-state index contributed by atoms with van der Waals surface area (Å²) >= 11 is 0. The first-order valence-electron chi connectivity index (χ1n) is 4.35. The van der Waals surface area contributed by atoms with E-state index in [1.807, 2.05) is 33.9 Å². The van der Waals surface area contributed by atoms with Crippen LogP contribution in [0.15, 0.2) is 23.9 Å². The van der Waals surface area contributed by atoms with Gasteiger partial charge >= 0.3 is 0 Å². The van der Waals surface area contributed by atoms with Gasteiger partial charge in [-0.25, -0.2) is 0 Å². The number of rotatable bonds is 3. The van der Waals surface area contributed by atoms with Gasteiger partial charge in [-0.2, -0.15) is 0 Å². The van der Waals surface area contributed by atoms with E-state index in [4.69, 9.17) is 0 Å². The van der Waals surface area contributed by atoms with Gasteiger partial charge in [0, 0.05) is 12.7 Å². The van der Waals surface area contributed by atoms with Crippen molar-refractivity contribution in [1.29, 1.82) is 0 Å². The predicted octanol–water partition coefficient (Wildman–Crippen LogP) is 3.10. The van der Waals surface area contributed by atoms with Crippen LogP contribution >= 0.6 is 0 Å². The summed E-state index contributed by atoms with van der Waals surface area (Å²) in [5.74, 6) is 0. The monoisotopic (exact) mass is 155 g/mol. The third-order valence-corrected chi connectivity index (χ3v) is 1.06. The molecule has 0 saturated heterocycles. The molecule has 1 heteroatoms. The molecule has 0 aliphatic heterocycles. The molecule has 0 fully saturated rings. The molecule has 0 aromatic heterocycles. The normalized spacial score (nSPS) is 10.8. The van der Waals surface area contributed by atoms with Gasteiger partial charge in [-0.05, 0) is 19.4 Å². The lowest BCUT2D eigenvalue weighted by Crippen LogP contribution is -2.02. The Morgan fingerprint density at radius 2 is 1.91 bits per heavy atom. The van der Waals surface area contributed by atoms with Gasteiger partial charge in [-0.1, -0.05) is 32.9 Å². The fourth-order valence-corrected chi connectivity index (χ4v) is 0.653. The van der Waals surface area contributed by atoms with Gasteiger partial charge in [0.25, 0.3) is 0 Å². The summed E-state index contributed by atoms with van der Waals surface area (Å²) in [5.41, 5.74) is 1.19. The molecule has 0 radical (unpaired) electrons. The average Bonchev–Trinajstić information content (AvgIpc) is 2.08. The fraction of sp³-hybridized carbons (Fsp3) is 0.600. The molecule has 0 spiro atoms. The van der Waals surface area contributed by atoms with Crippen LogP contribution in [0, 0.1) is 0 Å². The van der Waals surface area contributed by atoms with Crippen molar-refractivity contribution in [2.75, 3.05) is 7.05 Å². The first-order valence-corrected chi connectivity index (χ1v) is 4.35. The lowest BCUT2D eigenvalue weighted by molar-refractivity contribution is 1.01. The second-order valence-electron chi connectivity index (χ2n) is 1.82. The van der Waals surface area contributed by atoms with Gasteiger partial charge < -0.3 is 5.32 Å². The van der Waals surface area contributed by atoms with Gasteiger partial charge in [0.05, 0.1) is 0 Å².